The van der Waals surface area contributed by atoms with Gasteiger partial charge in [-0.2, -0.15) is 0 Å². The minimum absolute atomic E-state index is 0.0606. The maximum atomic E-state index is 13.1. The third-order valence-corrected chi connectivity index (χ3v) is 7.16. The topological polar surface area (TPSA) is 126 Å². The number of aryl methyl sites for hydroxylation is 1. The van der Waals surface area contributed by atoms with Crippen molar-refractivity contribution in [2.75, 3.05) is 13.1 Å². The Morgan fingerprint density at radius 2 is 1.60 bits per heavy atom. The molecule has 234 valence electrons. The molecule has 1 rings (SSSR count). The second kappa shape index (κ2) is 17.6. The van der Waals surface area contributed by atoms with Gasteiger partial charge in [-0.05, 0) is 70.6 Å². The molecule has 3 unspecified atom stereocenters. The van der Waals surface area contributed by atoms with Crippen molar-refractivity contribution in [3.05, 3.63) is 35.4 Å². The summed E-state index contributed by atoms with van der Waals surface area (Å²) in [6.07, 6.45) is 2.70. The maximum Gasteiger partial charge on any atom is 0.408 e. The first kappa shape index (κ1) is 36.7. The lowest BCUT2D eigenvalue weighted by Gasteiger charge is -2.25. The third-order valence-electron chi connectivity index (χ3n) is 6.29. The van der Waals surface area contributed by atoms with E-state index in [1.54, 1.807) is 34.6 Å². The van der Waals surface area contributed by atoms with E-state index in [1.165, 1.54) is 5.56 Å². The van der Waals surface area contributed by atoms with E-state index in [9.17, 15) is 19.2 Å². The number of hydrogen-bond acceptors (Lipinski definition) is 5. The molecule has 0 radical (unpaired) electrons. The molecule has 0 saturated heterocycles. The molecule has 0 aliphatic heterocycles. The summed E-state index contributed by atoms with van der Waals surface area (Å²) >= 11 is 0. The van der Waals surface area contributed by atoms with Crippen molar-refractivity contribution in [2.24, 2.45) is 5.92 Å². The molecule has 0 bridgehead atoms. The Morgan fingerprint density at radius 1 is 0.905 bits per heavy atom. The summed E-state index contributed by atoms with van der Waals surface area (Å²) < 4.78 is 5.26. The van der Waals surface area contributed by atoms with Crippen molar-refractivity contribution >= 4 is 31.9 Å². The van der Waals surface area contributed by atoms with Crippen LogP contribution in [0.4, 0.5) is 4.79 Å². The van der Waals surface area contributed by atoms with Crippen LogP contribution in [-0.2, 0) is 25.5 Å². The highest BCUT2D eigenvalue weighted by atomic mass is 28.3. The molecule has 0 spiro atoms. The first-order valence-corrected chi connectivity index (χ1v) is 18.5. The molecule has 4 amide bonds. The zero-order valence-corrected chi connectivity index (χ0v) is 28.0. The van der Waals surface area contributed by atoms with Gasteiger partial charge in [-0.25, -0.2) is 4.79 Å². The fourth-order valence-corrected chi connectivity index (χ4v) is 4.22. The molecule has 4 N–H and O–H groups in total. The van der Waals surface area contributed by atoms with Gasteiger partial charge in [0, 0.05) is 24.6 Å². The molecule has 3 atom stereocenters. The smallest absolute Gasteiger partial charge is 0.408 e. The minimum Gasteiger partial charge on any atom is -0.444 e. The van der Waals surface area contributed by atoms with Crippen LogP contribution in [0, 0.1) is 17.4 Å². The number of carbonyl (C=O) groups excluding carboxylic acids is 4. The van der Waals surface area contributed by atoms with Gasteiger partial charge in [0.25, 0.3) is 0 Å². The summed E-state index contributed by atoms with van der Waals surface area (Å²) in [4.78, 5) is 50.7. The Bertz CT molecular complexity index is 1110. The Balaban J connectivity index is 2.75. The molecule has 0 heterocycles. The zero-order valence-electron chi connectivity index (χ0n) is 27.0. The van der Waals surface area contributed by atoms with Crippen LogP contribution in [0.3, 0.4) is 0 Å². The average Bonchev–Trinajstić information content (AvgIpc) is 2.90. The quantitative estimate of drug-likeness (QED) is 0.144. The van der Waals surface area contributed by atoms with Gasteiger partial charge in [-0.1, -0.05) is 58.5 Å². The molecule has 1 aromatic carbocycles. The van der Waals surface area contributed by atoms with Gasteiger partial charge in [0.2, 0.25) is 17.7 Å². The highest BCUT2D eigenvalue weighted by Crippen LogP contribution is 2.10. The number of benzene rings is 1. The van der Waals surface area contributed by atoms with Crippen molar-refractivity contribution in [3.8, 4) is 11.5 Å². The van der Waals surface area contributed by atoms with Crippen molar-refractivity contribution in [1.82, 2.24) is 21.3 Å². The number of unbranched alkanes of at least 4 members (excludes halogenated alkanes) is 1. The predicted octanol–water partition coefficient (Wildman–Crippen LogP) is 4.30. The van der Waals surface area contributed by atoms with E-state index in [2.05, 4.69) is 64.5 Å². The number of rotatable bonds is 14. The van der Waals surface area contributed by atoms with E-state index in [-0.39, 0.29) is 18.4 Å². The summed E-state index contributed by atoms with van der Waals surface area (Å²) in [5.41, 5.74) is 4.90. The van der Waals surface area contributed by atoms with Crippen LogP contribution in [0.2, 0.25) is 19.6 Å². The number of alkyl carbamates (subject to hydrolysis) is 1. The van der Waals surface area contributed by atoms with Gasteiger partial charge in [0.05, 0.1) is 0 Å². The van der Waals surface area contributed by atoms with Gasteiger partial charge in [0.1, 0.15) is 25.8 Å². The van der Waals surface area contributed by atoms with Crippen molar-refractivity contribution < 1.29 is 23.9 Å². The highest BCUT2D eigenvalue weighted by Gasteiger charge is 2.28. The standard InChI is InChI=1S/C32H52N4O5Si/c1-10-23(3)28(37)34-22-27(35-30(39)26(11-2)36-31(40)41-32(4,5)6)29(38)33-19-13-12-15-24-16-14-17-25(21-24)18-20-42(7,8)9/h14,16-17,21,23,26-27H,10-13,15,19,22H2,1-9H3,(H,33,38)(H,34,37)(H,35,39)(H,36,40). The molecule has 0 aliphatic carbocycles. The fourth-order valence-electron chi connectivity index (χ4n) is 3.70. The molecule has 0 fully saturated rings. The molecular weight excluding hydrogens is 548 g/mol. The van der Waals surface area contributed by atoms with E-state index in [0.717, 1.165) is 24.8 Å². The lowest BCUT2D eigenvalue weighted by Crippen LogP contribution is -2.57. The zero-order chi connectivity index (χ0) is 31.9. The van der Waals surface area contributed by atoms with Crippen LogP contribution in [-0.4, -0.2) is 62.7 Å². The van der Waals surface area contributed by atoms with Crippen LogP contribution in [0.5, 0.6) is 0 Å². The molecule has 10 heteroatoms. The Kier molecular flexibility index (Phi) is 15.4. The van der Waals surface area contributed by atoms with Gasteiger partial charge in [-0.15, -0.1) is 5.54 Å². The molecule has 0 aromatic heterocycles. The molecule has 42 heavy (non-hydrogen) atoms. The number of hydrogen-bond donors (Lipinski definition) is 4. The van der Waals surface area contributed by atoms with Gasteiger partial charge >= 0.3 is 6.09 Å². The number of ether oxygens (including phenoxy) is 1. The first-order valence-electron chi connectivity index (χ1n) is 15.0. The normalized spacial score (nSPS) is 13.5. The third kappa shape index (κ3) is 15.6. The van der Waals surface area contributed by atoms with Crippen LogP contribution in [0.25, 0.3) is 0 Å². The summed E-state index contributed by atoms with van der Waals surface area (Å²) in [5, 5.41) is 10.9. The van der Waals surface area contributed by atoms with E-state index >= 15 is 0 Å². The molecule has 9 nitrogen and oxygen atoms in total. The van der Waals surface area contributed by atoms with E-state index < -0.39 is 43.7 Å². The lowest BCUT2D eigenvalue weighted by atomic mass is 10.1. The van der Waals surface area contributed by atoms with Gasteiger partial charge in [-0.3, -0.25) is 14.4 Å². The monoisotopic (exact) mass is 600 g/mol. The number of nitrogens with one attached hydrogen (secondary N) is 4. The van der Waals surface area contributed by atoms with Crippen molar-refractivity contribution in [1.29, 1.82) is 0 Å². The summed E-state index contributed by atoms with van der Waals surface area (Å²) in [6, 6.07) is 6.35. The fraction of sp³-hybridized carbons (Fsp3) is 0.625. The summed E-state index contributed by atoms with van der Waals surface area (Å²) in [5.74, 6) is 1.95. The Hall–Kier alpha value is -3.32. The minimum atomic E-state index is -1.44. The molecule has 0 saturated carbocycles. The summed E-state index contributed by atoms with van der Waals surface area (Å²) in [6.45, 7) is 17.7. The van der Waals surface area contributed by atoms with E-state index in [0.29, 0.717) is 19.4 Å². The SMILES string of the molecule is CCC(C)C(=O)NCC(NC(=O)C(CC)NC(=O)OC(C)(C)C)C(=O)NCCCCc1cccc(C#C[Si](C)(C)C)c1. The molecule has 0 aliphatic rings. The van der Waals surface area contributed by atoms with Crippen molar-refractivity contribution in [3.63, 3.8) is 0 Å². The number of carbonyl (C=O) groups is 4. The largest absolute Gasteiger partial charge is 0.444 e. The predicted molar refractivity (Wildman–Crippen MR) is 170 cm³/mol. The van der Waals surface area contributed by atoms with Crippen LogP contribution in [0.15, 0.2) is 24.3 Å². The molecular formula is C32H52N4O5Si. The first-order chi connectivity index (χ1) is 19.5. The van der Waals surface area contributed by atoms with Crippen LogP contribution < -0.4 is 21.3 Å². The van der Waals surface area contributed by atoms with Crippen LogP contribution in [0.1, 0.15) is 78.4 Å². The van der Waals surface area contributed by atoms with E-state index in [4.69, 9.17) is 4.74 Å². The summed E-state index contributed by atoms with van der Waals surface area (Å²) in [7, 11) is -1.44. The van der Waals surface area contributed by atoms with Crippen LogP contribution >= 0.6 is 0 Å². The van der Waals surface area contributed by atoms with Crippen molar-refractivity contribution in [2.45, 2.75) is 111 Å². The second-order valence-electron chi connectivity index (χ2n) is 12.7. The molecule has 1 aromatic rings. The number of amides is 4. The second-order valence-corrected chi connectivity index (χ2v) is 17.4. The Labute approximate surface area is 253 Å². The lowest BCUT2D eigenvalue weighted by molar-refractivity contribution is -0.131. The Morgan fingerprint density at radius 3 is 2.19 bits per heavy atom. The average molecular weight is 601 g/mol. The maximum absolute atomic E-state index is 13.1. The highest BCUT2D eigenvalue weighted by molar-refractivity contribution is 6.83. The van der Waals surface area contributed by atoms with Gasteiger partial charge in [0.15, 0.2) is 0 Å². The van der Waals surface area contributed by atoms with Gasteiger partial charge < -0.3 is 26.0 Å². The van der Waals surface area contributed by atoms with E-state index in [1.807, 2.05) is 19.1 Å².